The fourth-order valence-electron chi connectivity index (χ4n) is 3.02. The fourth-order valence-corrected chi connectivity index (χ4v) is 3.23. The number of nitrogens with two attached hydrogens (primary N) is 1. The molecule has 0 unspecified atom stereocenters. The average Bonchev–Trinajstić information content (AvgIpc) is 2.95. The molecule has 0 aromatic heterocycles. The van der Waals surface area contributed by atoms with Crippen LogP contribution >= 0.6 is 11.6 Å². The zero-order valence-electron chi connectivity index (χ0n) is 11.1. The topological polar surface area (TPSA) is 73.4 Å². The van der Waals surface area contributed by atoms with Gasteiger partial charge < -0.3 is 10.6 Å². The highest BCUT2D eigenvalue weighted by atomic mass is 35.5. The predicted molar refractivity (Wildman–Crippen MR) is 76.7 cm³/mol. The third-order valence-corrected chi connectivity index (χ3v) is 4.70. The number of hydrogen-bond donors (Lipinski definition) is 1. The Morgan fingerprint density at radius 1 is 1.50 bits per heavy atom. The smallest absolute Gasteiger partial charge is 0.324 e. The number of fused-ring (bicyclic) bond motifs is 1. The first kappa shape index (κ1) is 13.2. The van der Waals surface area contributed by atoms with Crippen molar-refractivity contribution < 1.29 is 4.79 Å². The van der Waals surface area contributed by atoms with Crippen molar-refractivity contribution >= 4 is 23.3 Å². The quantitative estimate of drug-likeness (QED) is 0.858. The number of nitriles is 1. The van der Waals surface area contributed by atoms with Crippen molar-refractivity contribution in [2.75, 3.05) is 18.0 Å². The summed E-state index contributed by atoms with van der Waals surface area (Å²) in [6.07, 6.45) is 0.858. The largest absolute Gasteiger partial charge is 0.326 e. The zero-order chi connectivity index (χ0) is 14.4. The molecular weight excluding hydrogens is 276 g/mol. The third-order valence-electron chi connectivity index (χ3n) is 4.21. The lowest BCUT2D eigenvalue weighted by Gasteiger charge is -2.20. The molecule has 2 heterocycles. The molecule has 0 spiro atoms. The minimum atomic E-state index is -0.0215. The Hall–Kier alpha value is -1.77. The van der Waals surface area contributed by atoms with E-state index in [1.807, 2.05) is 17.9 Å². The van der Waals surface area contributed by atoms with Gasteiger partial charge in [-0.2, -0.15) is 5.26 Å². The number of carbonyl (C=O) groups is 1. The minimum Gasteiger partial charge on any atom is -0.326 e. The molecule has 0 radical (unpaired) electrons. The molecule has 5 nitrogen and oxygen atoms in total. The molecule has 6 heteroatoms. The highest BCUT2D eigenvalue weighted by molar-refractivity contribution is 6.33. The number of halogens is 1. The van der Waals surface area contributed by atoms with Gasteiger partial charge in [0.05, 0.1) is 16.6 Å². The molecule has 2 aliphatic rings. The van der Waals surface area contributed by atoms with Gasteiger partial charge in [-0.1, -0.05) is 11.6 Å². The lowest BCUT2D eigenvalue weighted by atomic mass is 10.1. The van der Waals surface area contributed by atoms with Crippen LogP contribution in [0.25, 0.3) is 0 Å². The van der Waals surface area contributed by atoms with E-state index in [9.17, 15) is 4.79 Å². The first-order valence-electron chi connectivity index (χ1n) is 6.57. The maximum Gasteiger partial charge on any atom is 0.324 e. The van der Waals surface area contributed by atoms with E-state index in [4.69, 9.17) is 22.6 Å². The summed E-state index contributed by atoms with van der Waals surface area (Å²) >= 11 is 6.18. The van der Waals surface area contributed by atoms with Crippen molar-refractivity contribution in [1.82, 2.24) is 4.90 Å². The summed E-state index contributed by atoms with van der Waals surface area (Å²) in [4.78, 5) is 16.0. The zero-order valence-corrected chi connectivity index (χ0v) is 11.9. The van der Waals surface area contributed by atoms with Gasteiger partial charge >= 0.3 is 6.03 Å². The lowest BCUT2D eigenvalue weighted by Crippen LogP contribution is -2.37. The molecular formula is C14H15ClN4O. The van der Waals surface area contributed by atoms with Crippen molar-refractivity contribution in [2.45, 2.75) is 25.4 Å². The molecule has 3 rings (SSSR count). The summed E-state index contributed by atoms with van der Waals surface area (Å²) in [6, 6.07) is 5.58. The standard InChI is InChI=1S/C14H15ClN4O/c1-8-11(3-2-9(6-16)13(8)15)19-7-12-10(17)4-5-18(12)14(19)20/h2-3,10,12H,4-5,7,17H2,1H3/t10-,12-/m1/s1. The number of amides is 2. The molecule has 2 atom stereocenters. The Bertz CT molecular complexity index is 624. The summed E-state index contributed by atoms with van der Waals surface area (Å²) in [5.41, 5.74) is 8.00. The van der Waals surface area contributed by atoms with E-state index in [0.29, 0.717) is 23.7 Å². The molecule has 0 bridgehead atoms. The second-order valence-electron chi connectivity index (χ2n) is 5.29. The lowest BCUT2D eigenvalue weighted by molar-refractivity contribution is 0.218. The first-order chi connectivity index (χ1) is 9.54. The number of nitrogens with zero attached hydrogens (tertiary/aromatic N) is 3. The van der Waals surface area contributed by atoms with Crippen molar-refractivity contribution in [3.05, 3.63) is 28.3 Å². The highest BCUT2D eigenvalue weighted by Gasteiger charge is 2.45. The summed E-state index contributed by atoms with van der Waals surface area (Å²) < 4.78 is 0. The molecule has 104 valence electrons. The van der Waals surface area contributed by atoms with E-state index in [2.05, 4.69) is 0 Å². The molecule has 2 aliphatic heterocycles. The minimum absolute atomic E-state index is 0.0215. The number of urea groups is 1. The van der Waals surface area contributed by atoms with Crippen LogP contribution in [0.4, 0.5) is 10.5 Å². The van der Waals surface area contributed by atoms with Crippen molar-refractivity contribution in [3.8, 4) is 6.07 Å². The monoisotopic (exact) mass is 290 g/mol. The number of anilines is 1. The van der Waals surface area contributed by atoms with Crippen LogP contribution in [0.3, 0.4) is 0 Å². The number of rotatable bonds is 1. The molecule has 2 fully saturated rings. The number of benzene rings is 1. The van der Waals surface area contributed by atoms with Crippen LogP contribution in [0, 0.1) is 18.3 Å². The van der Waals surface area contributed by atoms with Gasteiger partial charge in [-0.15, -0.1) is 0 Å². The molecule has 2 saturated heterocycles. The first-order valence-corrected chi connectivity index (χ1v) is 6.95. The van der Waals surface area contributed by atoms with E-state index in [-0.39, 0.29) is 18.1 Å². The van der Waals surface area contributed by atoms with Crippen LogP contribution in [0.1, 0.15) is 17.5 Å². The van der Waals surface area contributed by atoms with Crippen LogP contribution < -0.4 is 10.6 Å². The number of carbonyl (C=O) groups excluding carboxylic acids is 1. The van der Waals surface area contributed by atoms with Crippen LogP contribution in [0.5, 0.6) is 0 Å². The Morgan fingerprint density at radius 3 is 2.90 bits per heavy atom. The SMILES string of the molecule is Cc1c(N2C[C@@H]3[C@H](N)CCN3C2=O)ccc(C#N)c1Cl. The normalized spacial score (nSPS) is 25.0. The highest BCUT2D eigenvalue weighted by Crippen LogP contribution is 2.35. The third kappa shape index (κ3) is 1.76. The molecule has 0 saturated carbocycles. The van der Waals surface area contributed by atoms with Crippen molar-refractivity contribution in [2.24, 2.45) is 5.73 Å². The number of hydrogen-bond acceptors (Lipinski definition) is 3. The van der Waals surface area contributed by atoms with Crippen molar-refractivity contribution in [3.63, 3.8) is 0 Å². The van der Waals surface area contributed by atoms with Crippen LogP contribution in [0.2, 0.25) is 5.02 Å². The molecule has 2 N–H and O–H groups in total. The van der Waals surface area contributed by atoms with E-state index in [0.717, 1.165) is 17.7 Å². The fraction of sp³-hybridized carbons (Fsp3) is 0.429. The second-order valence-corrected chi connectivity index (χ2v) is 5.67. The summed E-state index contributed by atoms with van der Waals surface area (Å²) in [7, 11) is 0. The average molecular weight is 291 g/mol. The molecule has 1 aromatic rings. The molecule has 20 heavy (non-hydrogen) atoms. The maximum absolute atomic E-state index is 12.4. The van der Waals surface area contributed by atoms with Crippen molar-refractivity contribution in [1.29, 1.82) is 5.26 Å². The van der Waals surface area contributed by atoms with Gasteiger partial charge in [0.15, 0.2) is 0 Å². The second kappa shape index (κ2) is 4.65. The van der Waals surface area contributed by atoms with Gasteiger partial charge in [0.25, 0.3) is 0 Å². The summed E-state index contributed by atoms with van der Waals surface area (Å²) in [5.74, 6) is 0. The molecule has 2 amide bonds. The molecule has 1 aromatic carbocycles. The van der Waals surface area contributed by atoms with Gasteiger partial charge in [0.1, 0.15) is 6.07 Å². The van der Waals surface area contributed by atoms with Gasteiger partial charge in [-0.25, -0.2) is 4.79 Å². The Kier molecular flexibility index (Phi) is 3.08. The van der Waals surface area contributed by atoms with Gasteiger partial charge in [-0.05, 0) is 31.0 Å². The summed E-state index contributed by atoms with van der Waals surface area (Å²) in [5, 5.41) is 9.39. The summed E-state index contributed by atoms with van der Waals surface area (Å²) in [6.45, 7) is 3.13. The predicted octanol–water partition coefficient (Wildman–Crippen LogP) is 1.86. The van der Waals surface area contributed by atoms with Gasteiger partial charge in [-0.3, -0.25) is 4.90 Å². The van der Waals surface area contributed by atoms with Gasteiger partial charge in [0.2, 0.25) is 0 Å². The molecule has 0 aliphatic carbocycles. The van der Waals surface area contributed by atoms with Crippen LogP contribution in [-0.2, 0) is 0 Å². The van der Waals surface area contributed by atoms with Gasteiger partial charge in [0, 0.05) is 24.8 Å². The van der Waals surface area contributed by atoms with Crippen LogP contribution in [0.15, 0.2) is 12.1 Å². The Morgan fingerprint density at radius 2 is 2.25 bits per heavy atom. The van der Waals surface area contributed by atoms with Crippen LogP contribution in [-0.4, -0.2) is 36.1 Å². The Balaban J connectivity index is 1.98. The van der Waals surface area contributed by atoms with E-state index in [1.165, 1.54) is 0 Å². The Labute approximate surface area is 122 Å². The van der Waals surface area contributed by atoms with E-state index < -0.39 is 0 Å². The maximum atomic E-state index is 12.4. The van der Waals surface area contributed by atoms with E-state index in [1.54, 1.807) is 17.0 Å². The van der Waals surface area contributed by atoms with E-state index >= 15 is 0 Å².